The molecule has 0 radical (unpaired) electrons. The number of fused-ring (bicyclic) bond motifs is 3. The summed E-state index contributed by atoms with van der Waals surface area (Å²) in [6, 6.07) is 6.15. The SMILES string of the molecule is NC(=O)C1C(=O)CC2CC3Cc4c(-c5ccc(CN=O)o5)ccc(O)c4C(=O)C3C(=O)C2C1=O. The van der Waals surface area contributed by atoms with Gasteiger partial charge in [0, 0.05) is 12.0 Å². The zero-order valence-electron chi connectivity index (χ0n) is 17.9. The number of benzene rings is 1. The van der Waals surface area contributed by atoms with Crippen molar-refractivity contribution in [2.45, 2.75) is 25.8 Å². The first-order valence-corrected chi connectivity index (χ1v) is 10.9. The van der Waals surface area contributed by atoms with Crippen molar-refractivity contribution >= 4 is 29.0 Å². The van der Waals surface area contributed by atoms with Gasteiger partial charge < -0.3 is 15.3 Å². The van der Waals surface area contributed by atoms with Crippen molar-refractivity contribution in [2.75, 3.05) is 0 Å². The van der Waals surface area contributed by atoms with Gasteiger partial charge in [0.25, 0.3) is 0 Å². The molecule has 1 heterocycles. The fraction of sp³-hybridized carbons (Fsp3) is 0.375. The van der Waals surface area contributed by atoms with Crippen molar-refractivity contribution in [3.8, 4) is 17.1 Å². The zero-order chi connectivity index (χ0) is 24.3. The molecule has 0 bridgehead atoms. The minimum absolute atomic E-state index is 0.0113. The number of furan rings is 1. The average molecular weight is 464 g/mol. The maximum Gasteiger partial charge on any atom is 0.235 e. The van der Waals surface area contributed by atoms with E-state index in [4.69, 9.17) is 10.2 Å². The molecule has 0 saturated heterocycles. The van der Waals surface area contributed by atoms with Crippen molar-refractivity contribution in [2.24, 2.45) is 40.5 Å². The third kappa shape index (κ3) is 3.12. The average Bonchev–Trinajstić information content (AvgIpc) is 3.21. The fourth-order valence-corrected chi connectivity index (χ4v) is 5.89. The molecule has 5 atom stereocenters. The molecular weight excluding hydrogens is 444 g/mol. The third-order valence-corrected chi connectivity index (χ3v) is 7.26. The third-order valence-electron chi connectivity index (χ3n) is 7.26. The molecule has 5 unspecified atom stereocenters. The van der Waals surface area contributed by atoms with E-state index in [0.717, 1.165) is 0 Å². The van der Waals surface area contributed by atoms with Gasteiger partial charge in [-0.2, -0.15) is 4.91 Å². The smallest absolute Gasteiger partial charge is 0.235 e. The molecule has 5 rings (SSSR count). The molecule has 3 aliphatic rings. The molecule has 2 saturated carbocycles. The number of aromatic hydroxyl groups is 1. The van der Waals surface area contributed by atoms with E-state index in [0.29, 0.717) is 22.6 Å². The molecule has 174 valence electrons. The Morgan fingerprint density at radius 3 is 2.47 bits per heavy atom. The zero-order valence-corrected chi connectivity index (χ0v) is 17.9. The minimum atomic E-state index is -1.67. The van der Waals surface area contributed by atoms with E-state index in [9.17, 15) is 34.0 Å². The molecule has 2 fully saturated rings. The van der Waals surface area contributed by atoms with Gasteiger partial charge in [-0.1, -0.05) is 5.18 Å². The van der Waals surface area contributed by atoms with Gasteiger partial charge >= 0.3 is 0 Å². The summed E-state index contributed by atoms with van der Waals surface area (Å²) in [6.45, 7) is -0.157. The molecule has 10 nitrogen and oxygen atoms in total. The lowest BCUT2D eigenvalue weighted by Crippen LogP contribution is -2.56. The van der Waals surface area contributed by atoms with E-state index in [-0.39, 0.29) is 37.1 Å². The summed E-state index contributed by atoms with van der Waals surface area (Å²) < 4.78 is 5.67. The Labute approximate surface area is 192 Å². The van der Waals surface area contributed by atoms with Gasteiger partial charge in [-0.25, -0.2) is 0 Å². The van der Waals surface area contributed by atoms with Crippen LogP contribution >= 0.6 is 0 Å². The molecule has 34 heavy (non-hydrogen) atoms. The predicted octanol–water partition coefficient (Wildman–Crippen LogP) is 1.74. The second-order valence-electron chi connectivity index (χ2n) is 9.13. The molecule has 1 aromatic carbocycles. The van der Waals surface area contributed by atoms with Crippen LogP contribution in [0.25, 0.3) is 11.3 Å². The van der Waals surface area contributed by atoms with E-state index in [1.54, 1.807) is 18.2 Å². The Hall–Kier alpha value is -3.95. The van der Waals surface area contributed by atoms with Crippen LogP contribution in [-0.2, 0) is 32.1 Å². The van der Waals surface area contributed by atoms with Crippen LogP contribution in [-0.4, -0.2) is 34.1 Å². The summed E-state index contributed by atoms with van der Waals surface area (Å²) in [5, 5.41) is 13.3. The first kappa shape index (κ1) is 21.9. The lowest BCUT2D eigenvalue weighted by molar-refractivity contribution is -0.152. The Kier molecular flexibility index (Phi) is 5.03. The number of nitrogens with zero attached hydrogens (tertiary/aromatic N) is 1. The van der Waals surface area contributed by atoms with E-state index in [1.807, 2.05) is 0 Å². The molecule has 10 heteroatoms. The highest BCUT2D eigenvalue weighted by Gasteiger charge is 2.57. The van der Waals surface area contributed by atoms with Gasteiger partial charge in [0.05, 0.1) is 17.4 Å². The number of ketones is 4. The number of primary amides is 1. The maximum absolute atomic E-state index is 13.5. The highest BCUT2D eigenvalue weighted by molar-refractivity contribution is 6.27. The number of hydrogen-bond acceptors (Lipinski definition) is 9. The summed E-state index contributed by atoms with van der Waals surface area (Å²) in [6.07, 6.45) is 0.379. The van der Waals surface area contributed by atoms with Crippen LogP contribution in [0.5, 0.6) is 5.75 Å². The first-order chi connectivity index (χ1) is 16.2. The first-order valence-electron chi connectivity index (χ1n) is 10.9. The summed E-state index contributed by atoms with van der Waals surface area (Å²) in [4.78, 5) is 74.4. The molecule has 1 amide bonds. The minimum Gasteiger partial charge on any atom is -0.507 e. The number of phenols is 1. The van der Waals surface area contributed by atoms with Gasteiger partial charge in [0.2, 0.25) is 5.91 Å². The van der Waals surface area contributed by atoms with Crippen molar-refractivity contribution in [1.82, 2.24) is 0 Å². The van der Waals surface area contributed by atoms with Crippen LogP contribution in [0, 0.1) is 34.5 Å². The Morgan fingerprint density at radius 2 is 1.76 bits per heavy atom. The number of nitroso groups, excluding NO2 is 1. The number of hydrogen-bond donors (Lipinski definition) is 2. The lowest BCUT2D eigenvalue weighted by Gasteiger charge is -2.44. The second kappa shape index (κ2) is 7.82. The van der Waals surface area contributed by atoms with Crippen LogP contribution in [0.1, 0.15) is 34.5 Å². The van der Waals surface area contributed by atoms with Crippen LogP contribution in [0.4, 0.5) is 0 Å². The van der Waals surface area contributed by atoms with Crippen LogP contribution in [0.15, 0.2) is 33.9 Å². The molecule has 3 aliphatic carbocycles. The highest BCUT2D eigenvalue weighted by Crippen LogP contribution is 2.49. The summed E-state index contributed by atoms with van der Waals surface area (Å²) in [5.41, 5.74) is 6.25. The van der Waals surface area contributed by atoms with E-state index < -0.39 is 58.6 Å². The maximum atomic E-state index is 13.5. The van der Waals surface area contributed by atoms with Crippen molar-refractivity contribution in [3.63, 3.8) is 0 Å². The molecule has 3 N–H and O–H groups in total. The van der Waals surface area contributed by atoms with Crippen molar-refractivity contribution in [3.05, 3.63) is 46.1 Å². The fourth-order valence-electron chi connectivity index (χ4n) is 5.89. The van der Waals surface area contributed by atoms with E-state index in [2.05, 4.69) is 5.18 Å². The summed E-state index contributed by atoms with van der Waals surface area (Å²) in [5.74, 6) is -8.47. The molecule has 0 spiro atoms. The monoisotopic (exact) mass is 464 g/mol. The van der Waals surface area contributed by atoms with Gasteiger partial charge in [0.1, 0.15) is 23.8 Å². The molecule has 0 aliphatic heterocycles. The topological polar surface area (TPSA) is 174 Å². The highest BCUT2D eigenvalue weighted by atomic mass is 16.3. The van der Waals surface area contributed by atoms with Crippen LogP contribution in [0.2, 0.25) is 0 Å². The van der Waals surface area contributed by atoms with Crippen molar-refractivity contribution in [1.29, 1.82) is 0 Å². The summed E-state index contributed by atoms with van der Waals surface area (Å²) in [7, 11) is 0. The number of phenolic OH excluding ortho intramolecular Hbond substituents is 1. The number of rotatable bonds is 4. The number of Topliss-reactive ketones (excluding diaryl/α,β-unsaturated/α-hetero) is 4. The second-order valence-corrected chi connectivity index (χ2v) is 9.13. The number of nitrogens with two attached hydrogens (primary N) is 1. The molecular formula is C24H20N2O8. The van der Waals surface area contributed by atoms with Crippen LogP contribution in [0.3, 0.4) is 0 Å². The van der Waals surface area contributed by atoms with Crippen molar-refractivity contribution < 1.29 is 33.5 Å². The normalized spacial score (nSPS) is 28.2. The number of carbonyl (C=O) groups is 5. The standard InChI is InChI=1S/C24H20N2O8/c25-24(32)20-15(28)7-10-5-9-6-13-12(16-4-1-11(34-16)8-26-33)2-3-14(27)19(13)22(30)17(9)21(29)18(10)23(20)31/h1-4,9-10,17-18,20,27H,5-8H2,(H2,25,32). The molecule has 1 aromatic heterocycles. The van der Waals surface area contributed by atoms with Gasteiger partial charge in [0.15, 0.2) is 29.1 Å². The largest absolute Gasteiger partial charge is 0.507 e. The number of carbonyl (C=O) groups excluding carboxylic acids is 5. The quantitative estimate of drug-likeness (QED) is 0.508. The van der Waals surface area contributed by atoms with E-state index >= 15 is 0 Å². The number of amides is 1. The van der Waals surface area contributed by atoms with E-state index in [1.165, 1.54) is 6.07 Å². The molecule has 2 aromatic rings. The Morgan fingerprint density at radius 1 is 1.03 bits per heavy atom. The Bertz CT molecular complexity index is 1290. The Balaban J connectivity index is 1.56. The van der Waals surface area contributed by atoms with Crippen LogP contribution < -0.4 is 5.73 Å². The van der Waals surface area contributed by atoms with Gasteiger partial charge in [-0.3, -0.25) is 24.0 Å². The van der Waals surface area contributed by atoms with Gasteiger partial charge in [-0.05, 0) is 54.5 Å². The predicted molar refractivity (Wildman–Crippen MR) is 114 cm³/mol. The van der Waals surface area contributed by atoms with Gasteiger partial charge in [-0.15, -0.1) is 0 Å². The lowest BCUT2D eigenvalue weighted by atomic mass is 9.56. The summed E-state index contributed by atoms with van der Waals surface area (Å²) >= 11 is 0.